The zero-order valence-electron chi connectivity index (χ0n) is 9.86. The lowest BCUT2D eigenvalue weighted by atomic mass is 9.95. The zero-order chi connectivity index (χ0) is 11.4. The van der Waals surface area contributed by atoms with Crippen molar-refractivity contribution in [3.63, 3.8) is 0 Å². The average molecular weight is 220 g/mol. The van der Waals surface area contributed by atoms with Gasteiger partial charge < -0.3 is 0 Å². The Balaban J connectivity index is 1.70. The number of rotatable bonds is 5. The third-order valence-corrected chi connectivity index (χ3v) is 3.54. The van der Waals surface area contributed by atoms with Crippen LogP contribution in [0.1, 0.15) is 39.0 Å². The van der Waals surface area contributed by atoms with Crippen molar-refractivity contribution in [3.05, 3.63) is 12.2 Å². The van der Waals surface area contributed by atoms with Gasteiger partial charge in [0.1, 0.15) is 0 Å². The lowest BCUT2D eigenvalue weighted by Crippen LogP contribution is -2.18. The maximum Gasteiger partial charge on any atom is 0.240 e. The number of fused-ring (bicyclic) bond motifs is 2. The number of allylic oxidation sites excluding steroid dienone is 2. The molecular formula is C13H20N2O. The molecule has 2 aliphatic carbocycles. The fourth-order valence-electron chi connectivity index (χ4n) is 2.59. The number of nitrogens with zero attached hydrogens (tertiary/aromatic N) is 1. The van der Waals surface area contributed by atoms with Gasteiger partial charge >= 0.3 is 0 Å². The van der Waals surface area contributed by atoms with E-state index in [-0.39, 0.29) is 5.91 Å². The highest BCUT2D eigenvalue weighted by molar-refractivity contribution is 5.77. The van der Waals surface area contributed by atoms with Gasteiger partial charge in [0.05, 0.1) is 0 Å². The van der Waals surface area contributed by atoms with E-state index in [9.17, 15) is 4.79 Å². The first-order chi connectivity index (χ1) is 7.79. The number of hydrogen-bond acceptors (Lipinski definition) is 2. The number of hydrogen-bond donors (Lipinski definition) is 1. The molecule has 1 amide bonds. The first-order valence-electron chi connectivity index (χ1n) is 6.30. The fraction of sp³-hybridized carbons (Fsp3) is 0.692. The van der Waals surface area contributed by atoms with Crippen LogP contribution >= 0.6 is 0 Å². The van der Waals surface area contributed by atoms with Crippen LogP contribution in [0.4, 0.5) is 0 Å². The number of nitrogens with one attached hydrogen (secondary N) is 1. The summed E-state index contributed by atoms with van der Waals surface area (Å²) in [5, 5.41) is 4.07. The molecule has 88 valence electrons. The third kappa shape index (κ3) is 2.71. The van der Waals surface area contributed by atoms with Crippen LogP contribution in [0.15, 0.2) is 17.3 Å². The summed E-state index contributed by atoms with van der Waals surface area (Å²) in [6.45, 7) is 2.08. The van der Waals surface area contributed by atoms with E-state index in [1.807, 2.05) is 6.21 Å². The Morgan fingerprint density at radius 3 is 3.00 bits per heavy atom. The Labute approximate surface area is 97.0 Å². The van der Waals surface area contributed by atoms with Crippen molar-refractivity contribution in [1.82, 2.24) is 5.43 Å². The molecule has 2 bridgehead atoms. The Kier molecular flexibility index (Phi) is 3.75. The molecule has 1 N–H and O–H groups in total. The van der Waals surface area contributed by atoms with Crippen LogP contribution in [0, 0.1) is 17.8 Å². The van der Waals surface area contributed by atoms with Gasteiger partial charge in [0.25, 0.3) is 0 Å². The molecular weight excluding hydrogens is 200 g/mol. The summed E-state index contributed by atoms with van der Waals surface area (Å²) in [6, 6.07) is 0. The fourth-order valence-corrected chi connectivity index (χ4v) is 2.59. The molecule has 0 aromatic carbocycles. The molecule has 16 heavy (non-hydrogen) atoms. The predicted octanol–water partition coefficient (Wildman–Crippen LogP) is 2.49. The molecule has 0 spiro atoms. The van der Waals surface area contributed by atoms with Crippen molar-refractivity contribution < 1.29 is 4.79 Å². The van der Waals surface area contributed by atoms with Gasteiger partial charge in [-0.2, -0.15) is 5.10 Å². The van der Waals surface area contributed by atoms with E-state index >= 15 is 0 Å². The van der Waals surface area contributed by atoms with Gasteiger partial charge in [-0.1, -0.05) is 25.5 Å². The first kappa shape index (κ1) is 11.4. The van der Waals surface area contributed by atoms with Gasteiger partial charge in [0.2, 0.25) is 5.91 Å². The van der Waals surface area contributed by atoms with Crippen molar-refractivity contribution >= 4 is 12.1 Å². The van der Waals surface area contributed by atoms with Crippen molar-refractivity contribution in [3.8, 4) is 0 Å². The van der Waals surface area contributed by atoms with Crippen LogP contribution in [0.5, 0.6) is 0 Å². The van der Waals surface area contributed by atoms with E-state index in [1.165, 1.54) is 12.8 Å². The highest BCUT2D eigenvalue weighted by atomic mass is 16.2. The second-order valence-electron chi connectivity index (χ2n) is 4.86. The van der Waals surface area contributed by atoms with E-state index in [1.54, 1.807) is 0 Å². The zero-order valence-corrected chi connectivity index (χ0v) is 9.86. The molecule has 3 nitrogen and oxygen atoms in total. The van der Waals surface area contributed by atoms with Crippen LogP contribution < -0.4 is 5.43 Å². The largest absolute Gasteiger partial charge is 0.273 e. The summed E-state index contributed by atoms with van der Waals surface area (Å²) < 4.78 is 0. The molecule has 2 aliphatic rings. The number of carbonyl (C=O) groups excluding carboxylic acids is 1. The van der Waals surface area contributed by atoms with Crippen molar-refractivity contribution in [2.45, 2.75) is 39.0 Å². The lowest BCUT2D eigenvalue weighted by molar-refractivity contribution is -0.121. The molecule has 0 heterocycles. The molecule has 3 heteroatoms. The van der Waals surface area contributed by atoms with Gasteiger partial charge in [0, 0.05) is 18.6 Å². The van der Waals surface area contributed by atoms with Gasteiger partial charge in [-0.15, -0.1) is 0 Å². The maximum atomic E-state index is 11.3. The SMILES string of the molecule is CCCCC(=O)NN=CC1CC2C=CC1C2. The topological polar surface area (TPSA) is 41.5 Å². The molecule has 2 rings (SSSR count). The van der Waals surface area contributed by atoms with Crippen LogP contribution in [0.3, 0.4) is 0 Å². The highest BCUT2D eigenvalue weighted by Gasteiger charge is 2.34. The molecule has 1 fully saturated rings. The monoisotopic (exact) mass is 220 g/mol. The number of hydrazone groups is 1. The second-order valence-corrected chi connectivity index (χ2v) is 4.86. The van der Waals surface area contributed by atoms with Crippen molar-refractivity contribution in [2.75, 3.05) is 0 Å². The van der Waals surface area contributed by atoms with Crippen LogP contribution in [0.25, 0.3) is 0 Å². The highest BCUT2D eigenvalue weighted by Crippen LogP contribution is 2.42. The Morgan fingerprint density at radius 2 is 2.38 bits per heavy atom. The minimum atomic E-state index is 0.0387. The molecule has 3 unspecified atom stereocenters. The van der Waals surface area contributed by atoms with Crippen LogP contribution in [-0.2, 0) is 4.79 Å². The third-order valence-electron chi connectivity index (χ3n) is 3.54. The number of amides is 1. The summed E-state index contributed by atoms with van der Waals surface area (Å²) in [5.41, 5.74) is 2.61. The minimum Gasteiger partial charge on any atom is -0.273 e. The van der Waals surface area contributed by atoms with E-state index < -0.39 is 0 Å². The predicted molar refractivity (Wildman–Crippen MR) is 65.0 cm³/mol. The van der Waals surface area contributed by atoms with E-state index in [4.69, 9.17) is 0 Å². The summed E-state index contributed by atoms with van der Waals surface area (Å²) >= 11 is 0. The normalized spacial score (nSPS) is 31.4. The Morgan fingerprint density at radius 1 is 1.50 bits per heavy atom. The van der Waals surface area contributed by atoms with Gasteiger partial charge in [0.15, 0.2) is 0 Å². The number of unbranched alkanes of at least 4 members (excludes halogenated alkanes) is 1. The van der Waals surface area contributed by atoms with Crippen molar-refractivity contribution in [1.29, 1.82) is 0 Å². The molecule has 0 aromatic rings. The summed E-state index contributed by atoms with van der Waals surface area (Å²) in [7, 11) is 0. The quantitative estimate of drug-likeness (QED) is 0.431. The van der Waals surface area contributed by atoms with E-state index in [2.05, 4.69) is 29.6 Å². The summed E-state index contributed by atoms with van der Waals surface area (Å²) in [5.74, 6) is 2.01. The standard InChI is InChI=1S/C13H20N2O/c1-2-3-4-13(16)15-14-9-12-8-10-5-6-11(12)7-10/h5-6,9-12H,2-4,7-8H2,1H3,(H,15,16). The smallest absolute Gasteiger partial charge is 0.240 e. The minimum absolute atomic E-state index is 0.0387. The van der Waals surface area contributed by atoms with Gasteiger partial charge in [-0.05, 0) is 31.1 Å². The van der Waals surface area contributed by atoms with E-state index in [0.29, 0.717) is 18.3 Å². The summed E-state index contributed by atoms with van der Waals surface area (Å²) in [4.78, 5) is 11.3. The first-order valence-corrected chi connectivity index (χ1v) is 6.30. The number of carbonyl (C=O) groups is 1. The molecule has 0 radical (unpaired) electrons. The summed E-state index contributed by atoms with van der Waals surface area (Å²) in [6.07, 6.45) is 11.6. The van der Waals surface area contributed by atoms with E-state index in [0.717, 1.165) is 18.8 Å². The maximum absolute atomic E-state index is 11.3. The van der Waals surface area contributed by atoms with Gasteiger partial charge in [-0.3, -0.25) is 4.79 Å². The average Bonchev–Trinajstić information content (AvgIpc) is 2.88. The van der Waals surface area contributed by atoms with Crippen molar-refractivity contribution in [2.24, 2.45) is 22.9 Å². The van der Waals surface area contributed by atoms with Gasteiger partial charge in [-0.25, -0.2) is 5.43 Å². The van der Waals surface area contributed by atoms with Crippen LogP contribution in [-0.4, -0.2) is 12.1 Å². The molecule has 3 atom stereocenters. The molecule has 0 aliphatic heterocycles. The lowest BCUT2D eigenvalue weighted by Gasteiger charge is -2.11. The Bertz CT molecular complexity index is 309. The molecule has 0 saturated heterocycles. The van der Waals surface area contributed by atoms with Crippen LogP contribution in [0.2, 0.25) is 0 Å². The Hall–Kier alpha value is -1.12. The molecule has 1 saturated carbocycles. The molecule has 0 aromatic heterocycles. The second kappa shape index (κ2) is 5.28.